The molecule has 1 aliphatic rings. The number of aryl methyl sites for hydroxylation is 1. The lowest BCUT2D eigenvalue weighted by molar-refractivity contribution is -0.116. The summed E-state index contributed by atoms with van der Waals surface area (Å²) in [6.45, 7) is 1.91. The number of anilines is 1. The molecule has 1 aliphatic carbocycles. The summed E-state index contributed by atoms with van der Waals surface area (Å²) in [6, 6.07) is 12.2. The van der Waals surface area contributed by atoms with E-state index in [1.54, 1.807) is 0 Å². The maximum Gasteiger partial charge on any atom is 0.225 e. The molecule has 0 radical (unpaired) electrons. The van der Waals surface area contributed by atoms with Crippen molar-refractivity contribution in [2.24, 2.45) is 5.92 Å². The van der Waals surface area contributed by atoms with E-state index in [9.17, 15) is 4.79 Å². The van der Waals surface area contributed by atoms with Crippen LogP contribution < -0.4 is 5.32 Å². The lowest BCUT2D eigenvalue weighted by Crippen LogP contribution is -2.12. The Hall–Kier alpha value is -2.10. The number of nitrogens with one attached hydrogen (secondary N) is 2. The SMILES string of the molecule is Cc1cc(NC(=O)C[C@@H]2C[C@H]2c2ccccc2)n[nH]1. The van der Waals surface area contributed by atoms with Crippen LogP contribution in [0.5, 0.6) is 0 Å². The molecule has 1 saturated carbocycles. The van der Waals surface area contributed by atoms with Crippen LogP contribution in [0, 0.1) is 12.8 Å². The van der Waals surface area contributed by atoms with Gasteiger partial charge in [-0.1, -0.05) is 30.3 Å². The van der Waals surface area contributed by atoms with E-state index in [1.165, 1.54) is 5.56 Å². The van der Waals surface area contributed by atoms with Gasteiger partial charge in [-0.2, -0.15) is 5.10 Å². The normalized spacial score (nSPS) is 21.1. The van der Waals surface area contributed by atoms with Crippen molar-refractivity contribution in [3.05, 3.63) is 47.7 Å². The molecule has 0 unspecified atom stereocenters. The van der Waals surface area contributed by atoms with Crippen molar-refractivity contribution < 1.29 is 4.79 Å². The summed E-state index contributed by atoms with van der Waals surface area (Å²) >= 11 is 0. The molecule has 2 aromatic rings. The van der Waals surface area contributed by atoms with E-state index in [4.69, 9.17) is 0 Å². The van der Waals surface area contributed by atoms with Crippen LogP contribution in [0.4, 0.5) is 5.82 Å². The first kappa shape index (κ1) is 12.0. The molecule has 98 valence electrons. The van der Waals surface area contributed by atoms with Gasteiger partial charge in [0.25, 0.3) is 0 Å². The predicted octanol–water partition coefficient (Wildman–Crippen LogP) is 2.85. The van der Waals surface area contributed by atoms with Crippen LogP contribution in [0.15, 0.2) is 36.4 Å². The van der Waals surface area contributed by atoms with E-state index in [2.05, 4.69) is 39.8 Å². The third-order valence-corrected chi connectivity index (χ3v) is 3.57. The van der Waals surface area contributed by atoms with E-state index in [0.29, 0.717) is 24.1 Å². The highest BCUT2D eigenvalue weighted by molar-refractivity contribution is 5.90. The highest BCUT2D eigenvalue weighted by atomic mass is 16.1. The smallest absolute Gasteiger partial charge is 0.225 e. The molecule has 0 aliphatic heterocycles. The summed E-state index contributed by atoms with van der Waals surface area (Å²) in [5.74, 6) is 1.68. The zero-order valence-electron chi connectivity index (χ0n) is 10.9. The fraction of sp³-hybridized carbons (Fsp3) is 0.333. The van der Waals surface area contributed by atoms with Crippen molar-refractivity contribution in [1.29, 1.82) is 0 Å². The van der Waals surface area contributed by atoms with E-state index in [0.717, 1.165) is 12.1 Å². The van der Waals surface area contributed by atoms with Gasteiger partial charge in [-0.3, -0.25) is 9.89 Å². The minimum atomic E-state index is 0.0509. The van der Waals surface area contributed by atoms with Crippen LogP contribution in [0.3, 0.4) is 0 Å². The van der Waals surface area contributed by atoms with Crippen molar-refractivity contribution in [2.45, 2.75) is 25.7 Å². The number of aromatic nitrogens is 2. The summed E-state index contributed by atoms with van der Waals surface area (Å²) in [6.07, 6.45) is 1.68. The lowest BCUT2D eigenvalue weighted by Gasteiger charge is -2.01. The summed E-state index contributed by atoms with van der Waals surface area (Å²) in [5.41, 5.74) is 2.29. The van der Waals surface area contributed by atoms with Crippen molar-refractivity contribution in [2.75, 3.05) is 5.32 Å². The van der Waals surface area contributed by atoms with E-state index in [1.807, 2.05) is 19.1 Å². The second kappa shape index (κ2) is 4.88. The summed E-state index contributed by atoms with van der Waals surface area (Å²) in [7, 11) is 0. The molecule has 0 bridgehead atoms. The number of nitrogens with zero attached hydrogens (tertiary/aromatic N) is 1. The standard InChI is InChI=1S/C15H17N3O/c1-10-7-14(18-17-10)16-15(19)9-12-8-13(12)11-5-3-2-4-6-11/h2-7,12-13H,8-9H2,1H3,(H2,16,17,18,19)/t12-,13-/m0/s1. The van der Waals surface area contributed by atoms with Gasteiger partial charge in [0.05, 0.1) is 0 Å². The zero-order valence-corrected chi connectivity index (χ0v) is 10.9. The number of carbonyl (C=O) groups excluding carboxylic acids is 1. The first-order valence-corrected chi connectivity index (χ1v) is 6.59. The Morgan fingerprint density at radius 2 is 2.21 bits per heavy atom. The number of amides is 1. The third kappa shape index (κ3) is 2.84. The number of aromatic amines is 1. The summed E-state index contributed by atoms with van der Waals surface area (Å²) < 4.78 is 0. The zero-order chi connectivity index (χ0) is 13.2. The van der Waals surface area contributed by atoms with Gasteiger partial charge >= 0.3 is 0 Å². The Labute approximate surface area is 112 Å². The fourth-order valence-electron chi connectivity index (χ4n) is 2.50. The molecular weight excluding hydrogens is 238 g/mol. The number of hydrogen-bond donors (Lipinski definition) is 2. The average Bonchev–Trinajstić information content (AvgIpc) is 3.05. The third-order valence-electron chi connectivity index (χ3n) is 3.57. The van der Waals surface area contributed by atoms with Crippen molar-refractivity contribution in [3.8, 4) is 0 Å². The highest BCUT2D eigenvalue weighted by Gasteiger charge is 2.39. The molecule has 1 aromatic heterocycles. The largest absolute Gasteiger partial charge is 0.309 e. The van der Waals surface area contributed by atoms with Gasteiger partial charge in [0.2, 0.25) is 5.91 Å². The lowest BCUT2D eigenvalue weighted by atomic mass is 10.1. The van der Waals surface area contributed by atoms with E-state index < -0.39 is 0 Å². The topological polar surface area (TPSA) is 57.8 Å². The van der Waals surface area contributed by atoms with E-state index >= 15 is 0 Å². The molecule has 4 heteroatoms. The average molecular weight is 255 g/mol. The molecule has 2 atom stereocenters. The summed E-state index contributed by atoms with van der Waals surface area (Å²) in [4.78, 5) is 11.9. The molecule has 1 heterocycles. The maximum absolute atomic E-state index is 11.9. The number of hydrogen-bond acceptors (Lipinski definition) is 2. The minimum Gasteiger partial charge on any atom is -0.309 e. The fourth-order valence-corrected chi connectivity index (χ4v) is 2.50. The second-order valence-corrected chi connectivity index (χ2v) is 5.20. The first-order valence-electron chi connectivity index (χ1n) is 6.59. The molecule has 1 aromatic carbocycles. The van der Waals surface area contributed by atoms with Crippen LogP contribution in [-0.4, -0.2) is 16.1 Å². The van der Waals surface area contributed by atoms with Gasteiger partial charge in [0.15, 0.2) is 5.82 Å². The monoisotopic (exact) mass is 255 g/mol. The second-order valence-electron chi connectivity index (χ2n) is 5.20. The molecule has 0 saturated heterocycles. The molecule has 2 N–H and O–H groups in total. The minimum absolute atomic E-state index is 0.0509. The molecular formula is C15H17N3O. The molecule has 1 fully saturated rings. The molecule has 19 heavy (non-hydrogen) atoms. The molecule has 4 nitrogen and oxygen atoms in total. The molecule has 3 rings (SSSR count). The van der Waals surface area contributed by atoms with Gasteiger partial charge < -0.3 is 5.32 Å². The van der Waals surface area contributed by atoms with Gasteiger partial charge in [0, 0.05) is 18.2 Å². The summed E-state index contributed by atoms with van der Waals surface area (Å²) in [5, 5.41) is 9.64. The quantitative estimate of drug-likeness (QED) is 0.882. The van der Waals surface area contributed by atoms with Crippen molar-refractivity contribution >= 4 is 11.7 Å². The van der Waals surface area contributed by atoms with E-state index in [-0.39, 0.29) is 5.91 Å². The van der Waals surface area contributed by atoms with Gasteiger partial charge in [-0.05, 0) is 30.7 Å². The Bertz CT molecular complexity index is 576. The van der Waals surface area contributed by atoms with Crippen molar-refractivity contribution in [3.63, 3.8) is 0 Å². The van der Waals surface area contributed by atoms with Crippen LogP contribution in [-0.2, 0) is 4.79 Å². The number of rotatable bonds is 4. The maximum atomic E-state index is 11.9. The van der Waals surface area contributed by atoms with Crippen LogP contribution in [0.1, 0.15) is 30.0 Å². The van der Waals surface area contributed by atoms with Crippen LogP contribution in [0.25, 0.3) is 0 Å². The molecule has 0 spiro atoms. The molecule has 1 amide bonds. The highest BCUT2D eigenvalue weighted by Crippen LogP contribution is 2.49. The van der Waals surface area contributed by atoms with Crippen LogP contribution >= 0.6 is 0 Å². The number of carbonyl (C=O) groups is 1. The Kier molecular flexibility index (Phi) is 3.07. The first-order chi connectivity index (χ1) is 9.22. The number of H-pyrrole nitrogens is 1. The van der Waals surface area contributed by atoms with Gasteiger partial charge in [-0.25, -0.2) is 0 Å². The van der Waals surface area contributed by atoms with Gasteiger partial charge in [-0.15, -0.1) is 0 Å². The Morgan fingerprint density at radius 3 is 2.89 bits per heavy atom. The van der Waals surface area contributed by atoms with Crippen LogP contribution in [0.2, 0.25) is 0 Å². The number of benzene rings is 1. The van der Waals surface area contributed by atoms with Crippen molar-refractivity contribution in [1.82, 2.24) is 10.2 Å². The van der Waals surface area contributed by atoms with Gasteiger partial charge in [0.1, 0.15) is 0 Å². The Balaban J connectivity index is 1.52. The Morgan fingerprint density at radius 1 is 1.42 bits per heavy atom. The predicted molar refractivity (Wildman–Crippen MR) is 73.9 cm³/mol.